The summed E-state index contributed by atoms with van der Waals surface area (Å²) < 4.78 is 36.3. The molecule has 1 saturated heterocycles. The highest BCUT2D eigenvalue weighted by atomic mass is 19.4. The number of nitrogens with zero attached hydrogens (tertiary/aromatic N) is 2. The SMILES string of the molecule is CC(C)CN1CCN(CC(F)(F)F)CC1. The van der Waals surface area contributed by atoms with Gasteiger partial charge in [0.25, 0.3) is 0 Å². The maximum atomic E-state index is 12.1. The molecule has 0 amide bonds. The van der Waals surface area contributed by atoms with Crippen LogP contribution in [0.1, 0.15) is 13.8 Å². The van der Waals surface area contributed by atoms with Gasteiger partial charge >= 0.3 is 6.18 Å². The molecule has 1 aliphatic heterocycles. The molecule has 0 bridgehead atoms. The van der Waals surface area contributed by atoms with Crippen LogP contribution < -0.4 is 0 Å². The van der Waals surface area contributed by atoms with Crippen LogP contribution in [0.25, 0.3) is 0 Å². The van der Waals surface area contributed by atoms with E-state index in [1.165, 1.54) is 4.90 Å². The fourth-order valence-corrected chi connectivity index (χ4v) is 1.90. The van der Waals surface area contributed by atoms with E-state index in [0.29, 0.717) is 19.0 Å². The number of hydrogen-bond acceptors (Lipinski definition) is 2. The highest BCUT2D eigenvalue weighted by molar-refractivity contribution is 4.74. The maximum absolute atomic E-state index is 12.1. The van der Waals surface area contributed by atoms with Crippen LogP contribution >= 0.6 is 0 Å². The summed E-state index contributed by atoms with van der Waals surface area (Å²) in [6.45, 7) is 7.06. The molecule has 1 fully saturated rings. The molecular weight excluding hydrogens is 205 g/mol. The molecule has 0 aliphatic carbocycles. The predicted molar refractivity (Wildman–Crippen MR) is 53.8 cm³/mol. The molecule has 1 heterocycles. The average Bonchev–Trinajstić information content (AvgIpc) is 2.05. The summed E-state index contributed by atoms with van der Waals surface area (Å²) in [5, 5.41) is 0. The van der Waals surface area contributed by atoms with E-state index >= 15 is 0 Å². The molecule has 90 valence electrons. The van der Waals surface area contributed by atoms with Gasteiger partial charge in [0.05, 0.1) is 6.54 Å². The normalized spacial score (nSPS) is 21.2. The largest absolute Gasteiger partial charge is 0.401 e. The Morgan fingerprint density at radius 3 is 1.87 bits per heavy atom. The lowest BCUT2D eigenvalue weighted by Gasteiger charge is -2.35. The minimum atomic E-state index is -4.06. The zero-order valence-electron chi connectivity index (χ0n) is 9.35. The minimum Gasteiger partial charge on any atom is -0.301 e. The Morgan fingerprint density at radius 1 is 1.00 bits per heavy atom. The van der Waals surface area contributed by atoms with Crippen molar-refractivity contribution in [3.8, 4) is 0 Å². The number of hydrogen-bond donors (Lipinski definition) is 0. The average molecular weight is 224 g/mol. The first kappa shape index (κ1) is 12.8. The third-order valence-electron chi connectivity index (χ3n) is 2.49. The molecule has 0 radical (unpaired) electrons. The van der Waals surface area contributed by atoms with Gasteiger partial charge in [0, 0.05) is 32.7 Å². The lowest BCUT2D eigenvalue weighted by Crippen LogP contribution is -2.49. The molecule has 0 unspecified atom stereocenters. The highest BCUT2D eigenvalue weighted by Crippen LogP contribution is 2.17. The second-order valence-electron chi connectivity index (χ2n) is 4.59. The van der Waals surface area contributed by atoms with Gasteiger partial charge in [-0.3, -0.25) is 4.90 Å². The first-order chi connectivity index (χ1) is 6.87. The Morgan fingerprint density at radius 2 is 1.47 bits per heavy atom. The van der Waals surface area contributed by atoms with Crippen LogP contribution in [0, 0.1) is 5.92 Å². The van der Waals surface area contributed by atoms with E-state index in [2.05, 4.69) is 18.7 Å². The molecule has 0 aromatic rings. The van der Waals surface area contributed by atoms with E-state index in [-0.39, 0.29) is 0 Å². The van der Waals surface area contributed by atoms with Gasteiger partial charge in [0.2, 0.25) is 0 Å². The molecule has 5 heteroatoms. The molecule has 0 spiro atoms. The van der Waals surface area contributed by atoms with Crippen molar-refractivity contribution in [2.75, 3.05) is 39.3 Å². The van der Waals surface area contributed by atoms with E-state index in [1.807, 2.05) is 0 Å². The fraction of sp³-hybridized carbons (Fsp3) is 1.00. The van der Waals surface area contributed by atoms with Gasteiger partial charge < -0.3 is 4.90 Å². The van der Waals surface area contributed by atoms with Crippen LogP contribution in [-0.4, -0.2) is 55.2 Å². The van der Waals surface area contributed by atoms with Crippen molar-refractivity contribution >= 4 is 0 Å². The van der Waals surface area contributed by atoms with Gasteiger partial charge in [-0.25, -0.2) is 0 Å². The van der Waals surface area contributed by atoms with Crippen molar-refractivity contribution in [1.29, 1.82) is 0 Å². The van der Waals surface area contributed by atoms with Gasteiger partial charge in [0.1, 0.15) is 0 Å². The van der Waals surface area contributed by atoms with Crippen molar-refractivity contribution in [3.63, 3.8) is 0 Å². The Hall–Kier alpha value is -0.290. The molecule has 0 aromatic carbocycles. The molecule has 2 nitrogen and oxygen atoms in total. The number of halogens is 3. The summed E-state index contributed by atoms with van der Waals surface area (Å²) in [7, 11) is 0. The zero-order chi connectivity index (χ0) is 11.5. The van der Waals surface area contributed by atoms with Crippen LogP contribution in [0.4, 0.5) is 13.2 Å². The molecule has 1 rings (SSSR count). The quantitative estimate of drug-likeness (QED) is 0.721. The summed E-state index contributed by atoms with van der Waals surface area (Å²) in [5.41, 5.74) is 0. The Labute approximate surface area is 89.0 Å². The maximum Gasteiger partial charge on any atom is 0.401 e. The number of piperazine rings is 1. The molecule has 0 N–H and O–H groups in total. The standard InChI is InChI=1S/C10H19F3N2/c1-9(2)7-14-3-5-15(6-4-14)8-10(11,12)13/h9H,3-8H2,1-2H3. The first-order valence-electron chi connectivity index (χ1n) is 5.38. The minimum absolute atomic E-state index is 0.534. The van der Waals surface area contributed by atoms with Gasteiger partial charge in [-0.2, -0.15) is 13.2 Å². The van der Waals surface area contributed by atoms with E-state index in [0.717, 1.165) is 19.6 Å². The molecule has 0 atom stereocenters. The summed E-state index contributed by atoms with van der Waals surface area (Å²) in [6.07, 6.45) is -4.06. The Balaban J connectivity index is 2.24. The van der Waals surface area contributed by atoms with Crippen LogP contribution in [-0.2, 0) is 0 Å². The van der Waals surface area contributed by atoms with E-state index in [4.69, 9.17) is 0 Å². The second-order valence-corrected chi connectivity index (χ2v) is 4.59. The van der Waals surface area contributed by atoms with E-state index in [9.17, 15) is 13.2 Å². The summed E-state index contributed by atoms with van der Waals surface area (Å²) in [4.78, 5) is 3.72. The highest BCUT2D eigenvalue weighted by Gasteiger charge is 2.31. The molecular formula is C10H19F3N2. The predicted octanol–water partition coefficient (Wildman–Crippen LogP) is 1.82. The van der Waals surface area contributed by atoms with Gasteiger partial charge in [-0.1, -0.05) is 13.8 Å². The monoisotopic (exact) mass is 224 g/mol. The van der Waals surface area contributed by atoms with Gasteiger partial charge in [0.15, 0.2) is 0 Å². The smallest absolute Gasteiger partial charge is 0.301 e. The van der Waals surface area contributed by atoms with Gasteiger partial charge in [-0.15, -0.1) is 0 Å². The van der Waals surface area contributed by atoms with Crippen molar-refractivity contribution in [1.82, 2.24) is 9.80 Å². The lowest BCUT2D eigenvalue weighted by atomic mass is 10.2. The summed E-state index contributed by atoms with van der Waals surface area (Å²) in [6, 6.07) is 0. The van der Waals surface area contributed by atoms with Crippen molar-refractivity contribution < 1.29 is 13.2 Å². The Kier molecular flexibility index (Phi) is 4.40. The van der Waals surface area contributed by atoms with Crippen LogP contribution in [0.5, 0.6) is 0 Å². The van der Waals surface area contributed by atoms with E-state index in [1.54, 1.807) is 0 Å². The topological polar surface area (TPSA) is 6.48 Å². The number of rotatable bonds is 3. The number of alkyl halides is 3. The van der Waals surface area contributed by atoms with Crippen LogP contribution in [0.3, 0.4) is 0 Å². The van der Waals surface area contributed by atoms with E-state index < -0.39 is 12.7 Å². The molecule has 0 saturated carbocycles. The zero-order valence-corrected chi connectivity index (χ0v) is 9.35. The summed E-state index contributed by atoms with van der Waals surface area (Å²) in [5.74, 6) is 0.583. The molecule has 15 heavy (non-hydrogen) atoms. The van der Waals surface area contributed by atoms with Crippen molar-refractivity contribution in [2.24, 2.45) is 5.92 Å². The second kappa shape index (κ2) is 5.16. The fourth-order valence-electron chi connectivity index (χ4n) is 1.90. The van der Waals surface area contributed by atoms with Gasteiger partial charge in [-0.05, 0) is 5.92 Å². The van der Waals surface area contributed by atoms with Crippen LogP contribution in [0.15, 0.2) is 0 Å². The lowest BCUT2D eigenvalue weighted by molar-refractivity contribution is -0.149. The molecule has 0 aromatic heterocycles. The van der Waals surface area contributed by atoms with Crippen LogP contribution in [0.2, 0.25) is 0 Å². The first-order valence-corrected chi connectivity index (χ1v) is 5.38. The van der Waals surface area contributed by atoms with Crippen molar-refractivity contribution in [2.45, 2.75) is 20.0 Å². The third-order valence-corrected chi connectivity index (χ3v) is 2.49. The Bertz CT molecular complexity index is 184. The van der Waals surface area contributed by atoms with Crippen molar-refractivity contribution in [3.05, 3.63) is 0 Å². The molecule has 1 aliphatic rings. The summed E-state index contributed by atoms with van der Waals surface area (Å²) >= 11 is 0. The third kappa shape index (κ3) is 5.37.